The van der Waals surface area contributed by atoms with Crippen LogP contribution in [0.15, 0.2) is 34.9 Å². The molecular formula is C15H22OSe. The van der Waals surface area contributed by atoms with E-state index in [2.05, 4.69) is 18.5 Å². The topological polar surface area (TPSA) is 17.1 Å². The van der Waals surface area contributed by atoms with E-state index in [1.807, 2.05) is 19.1 Å². The molecule has 0 N–H and O–H groups in total. The Balaban J connectivity index is 2.75. The molecule has 1 unspecified atom stereocenters. The zero-order valence-electron chi connectivity index (χ0n) is 10.9. The maximum atomic E-state index is 12.0. The molecule has 2 heteroatoms. The van der Waals surface area contributed by atoms with Crippen LogP contribution in [-0.2, 0) is 4.79 Å². The average Bonchev–Trinajstić information content (AvgIpc) is 2.37. The van der Waals surface area contributed by atoms with Crippen molar-refractivity contribution < 1.29 is 4.79 Å². The number of hydrogen-bond acceptors (Lipinski definition) is 1. The van der Waals surface area contributed by atoms with E-state index in [9.17, 15) is 4.79 Å². The fourth-order valence-electron chi connectivity index (χ4n) is 1.98. The minimum atomic E-state index is 0.0778. The number of allylic oxidation sites excluding steroid dienone is 5. The molecule has 1 nitrogen and oxygen atoms in total. The summed E-state index contributed by atoms with van der Waals surface area (Å²) >= 11 is 0.409. The molecule has 0 spiro atoms. The Kier molecular flexibility index (Phi) is 6.54. The summed E-state index contributed by atoms with van der Waals surface area (Å²) in [6.45, 7) is 5.67. The van der Waals surface area contributed by atoms with Crippen molar-refractivity contribution in [2.24, 2.45) is 5.92 Å². The van der Waals surface area contributed by atoms with Gasteiger partial charge in [0.15, 0.2) is 0 Å². The fraction of sp³-hybridized carbons (Fsp3) is 0.533. The molecule has 94 valence electrons. The molecule has 0 heterocycles. The van der Waals surface area contributed by atoms with Crippen molar-refractivity contribution in [3.8, 4) is 0 Å². The molecule has 1 aliphatic rings. The average molecular weight is 297 g/mol. The summed E-state index contributed by atoms with van der Waals surface area (Å²) < 4.78 is 1.30. The second-order valence-corrected chi connectivity index (χ2v) is 6.29. The molecule has 17 heavy (non-hydrogen) atoms. The molecular weight excluding hydrogens is 275 g/mol. The van der Waals surface area contributed by atoms with E-state index in [1.165, 1.54) is 29.3 Å². The van der Waals surface area contributed by atoms with Crippen LogP contribution >= 0.6 is 0 Å². The van der Waals surface area contributed by atoms with E-state index in [4.69, 9.17) is 0 Å². The SMILES string of the molecule is C=CCC(C)C(=O)/C=C(\[Se]C)C1=CCCCC1. The quantitative estimate of drug-likeness (QED) is 0.413. The Hall–Kier alpha value is -0.591. The van der Waals surface area contributed by atoms with Crippen LogP contribution in [0.1, 0.15) is 39.0 Å². The van der Waals surface area contributed by atoms with Gasteiger partial charge in [-0.15, -0.1) is 0 Å². The van der Waals surface area contributed by atoms with Gasteiger partial charge in [0.05, 0.1) is 0 Å². The third-order valence-corrected chi connectivity index (χ3v) is 4.83. The molecule has 1 atom stereocenters. The third-order valence-electron chi connectivity index (χ3n) is 3.11. The zero-order valence-corrected chi connectivity index (χ0v) is 12.6. The van der Waals surface area contributed by atoms with E-state index < -0.39 is 0 Å². The van der Waals surface area contributed by atoms with E-state index in [0.717, 1.165) is 12.8 Å². The number of rotatable bonds is 6. The molecule has 0 aromatic rings. The molecule has 0 radical (unpaired) electrons. The van der Waals surface area contributed by atoms with E-state index in [1.54, 1.807) is 0 Å². The zero-order chi connectivity index (χ0) is 12.7. The van der Waals surface area contributed by atoms with Gasteiger partial charge < -0.3 is 0 Å². The first-order valence-electron chi connectivity index (χ1n) is 6.29. The minimum absolute atomic E-state index is 0.0778. The van der Waals surface area contributed by atoms with Crippen molar-refractivity contribution in [3.63, 3.8) is 0 Å². The summed E-state index contributed by atoms with van der Waals surface area (Å²) in [7, 11) is 0. The summed E-state index contributed by atoms with van der Waals surface area (Å²) in [4.78, 5) is 12.0. The Bertz CT molecular complexity index is 339. The molecule has 1 aliphatic carbocycles. The molecule has 0 aliphatic heterocycles. The van der Waals surface area contributed by atoms with Crippen LogP contribution in [0.2, 0.25) is 5.82 Å². The van der Waals surface area contributed by atoms with Crippen molar-refractivity contribution >= 4 is 20.7 Å². The van der Waals surface area contributed by atoms with Gasteiger partial charge in [-0.25, -0.2) is 0 Å². The van der Waals surface area contributed by atoms with Crippen LogP contribution in [0, 0.1) is 5.92 Å². The summed E-state index contributed by atoms with van der Waals surface area (Å²) in [5, 5.41) is 0. The normalized spacial score (nSPS) is 18.5. The molecule has 0 saturated heterocycles. The first-order valence-corrected chi connectivity index (χ1v) is 8.85. The summed E-state index contributed by atoms with van der Waals surface area (Å²) in [5.74, 6) is 2.53. The number of hydrogen-bond donors (Lipinski definition) is 0. The van der Waals surface area contributed by atoms with Crippen LogP contribution in [0.5, 0.6) is 0 Å². The predicted octanol–water partition coefficient (Wildman–Crippen LogP) is 3.90. The first-order chi connectivity index (χ1) is 8.19. The van der Waals surface area contributed by atoms with Crippen LogP contribution in [-0.4, -0.2) is 20.7 Å². The van der Waals surface area contributed by atoms with Gasteiger partial charge in [0.2, 0.25) is 0 Å². The van der Waals surface area contributed by atoms with Crippen molar-refractivity contribution in [1.82, 2.24) is 0 Å². The molecule has 0 fully saturated rings. The molecule has 0 bridgehead atoms. The van der Waals surface area contributed by atoms with Gasteiger partial charge in [0.1, 0.15) is 0 Å². The molecule has 1 rings (SSSR count). The molecule has 0 aromatic heterocycles. The summed E-state index contributed by atoms with van der Waals surface area (Å²) in [5.41, 5.74) is 1.43. The van der Waals surface area contributed by atoms with Gasteiger partial charge in [0.25, 0.3) is 0 Å². The van der Waals surface area contributed by atoms with Crippen molar-refractivity contribution in [1.29, 1.82) is 0 Å². The monoisotopic (exact) mass is 298 g/mol. The summed E-state index contributed by atoms with van der Waals surface area (Å²) in [6.07, 6.45) is 11.7. The second-order valence-electron chi connectivity index (χ2n) is 4.52. The van der Waals surface area contributed by atoms with E-state index in [-0.39, 0.29) is 11.7 Å². The van der Waals surface area contributed by atoms with Gasteiger partial charge in [-0.2, -0.15) is 0 Å². The maximum absolute atomic E-state index is 12.0. The molecule has 0 saturated carbocycles. The number of carbonyl (C=O) groups is 1. The number of carbonyl (C=O) groups excluding carboxylic acids is 1. The van der Waals surface area contributed by atoms with Crippen LogP contribution in [0.25, 0.3) is 0 Å². The van der Waals surface area contributed by atoms with Gasteiger partial charge in [-0.3, -0.25) is 0 Å². The Morgan fingerprint density at radius 2 is 2.35 bits per heavy atom. The van der Waals surface area contributed by atoms with Crippen LogP contribution in [0.4, 0.5) is 0 Å². The van der Waals surface area contributed by atoms with Crippen molar-refractivity contribution in [3.05, 3.63) is 34.9 Å². The second kappa shape index (κ2) is 7.68. The third kappa shape index (κ3) is 4.65. The van der Waals surface area contributed by atoms with Gasteiger partial charge in [0, 0.05) is 0 Å². The Morgan fingerprint density at radius 3 is 2.88 bits per heavy atom. The Morgan fingerprint density at radius 1 is 1.59 bits per heavy atom. The van der Waals surface area contributed by atoms with Crippen molar-refractivity contribution in [2.45, 2.75) is 44.9 Å². The van der Waals surface area contributed by atoms with Gasteiger partial charge in [-0.05, 0) is 0 Å². The van der Waals surface area contributed by atoms with Crippen LogP contribution in [0.3, 0.4) is 0 Å². The fourth-order valence-corrected chi connectivity index (χ4v) is 3.41. The van der Waals surface area contributed by atoms with E-state index in [0.29, 0.717) is 15.0 Å². The Labute approximate surface area is 111 Å². The van der Waals surface area contributed by atoms with Gasteiger partial charge >= 0.3 is 111 Å². The number of ketones is 1. The molecule has 0 aromatic carbocycles. The standard InChI is InChI=1S/C15H22OSe/c1-4-8-12(2)14(16)11-15(17-3)13-9-6-5-7-10-13/h4,9,11-12H,1,5-8,10H2,2-3H3/b15-11-. The van der Waals surface area contributed by atoms with Crippen LogP contribution < -0.4 is 0 Å². The van der Waals surface area contributed by atoms with Crippen molar-refractivity contribution in [2.75, 3.05) is 0 Å². The predicted molar refractivity (Wildman–Crippen MR) is 75.2 cm³/mol. The first kappa shape index (κ1) is 14.5. The van der Waals surface area contributed by atoms with E-state index >= 15 is 0 Å². The summed E-state index contributed by atoms with van der Waals surface area (Å²) in [6, 6.07) is 0. The molecule has 0 amide bonds. The van der Waals surface area contributed by atoms with Gasteiger partial charge in [-0.1, -0.05) is 0 Å².